The van der Waals surface area contributed by atoms with Crippen molar-refractivity contribution >= 4 is 17.0 Å². The van der Waals surface area contributed by atoms with Crippen molar-refractivity contribution in [3.05, 3.63) is 83.8 Å². The van der Waals surface area contributed by atoms with E-state index in [1.807, 2.05) is 30.3 Å². The van der Waals surface area contributed by atoms with Crippen LogP contribution >= 0.6 is 0 Å². The van der Waals surface area contributed by atoms with Gasteiger partial charge in [-0.05, 0) is 54.1 Å². The van der Waals surface area contributed by atoms with Gasteiger partial charge in [-0.1, -0.05) is 12.1 Å². The molecule has 0 bridgehead atoms. The number of hydrogen-bond acceptors (Lipinski definition) is 4. The van der Waals surface area contributed by atoms with Crippen LogP contribution in [-0.2, 0) is 24.1 Å². The molecular formula is C20H19NO5S. The predicted molar refractivity (Wildman–Crippen MR) is 101 cm³/mol. The summed E-state index contributed by atoms with van der Waals surface area (Å²) in [7, 11) is 0.119. The summed E-state index contributed by atoms with van der Waals surface area (Å²) in [6.45, 7) is 0.782. The van der Waals surface area contributed by atoms with Crippen molar-refractivity contribution in [2.45, 2.75) is 18.0 Å². The maximum absolute atomic E-state index is 13.1. The van der Waals surface area contributed by atoms with E-state index in [-0.39, 0.29) is 5.56 Å². The second kappa shape index (κ2) is 8.66. The van der Waals surface area contributed by atoms with Gasteiger partial charge in [-0.25, -0.2) is 13.3 Å². The number of furan rings is 1. The van der Waals surface area contributed by atoms with Crippen LogP contribution in [0.3, 0.4) is 0 Å². The summed E-state index contributed by atoms with van der Waals surface area (Å²) in [5.41, 5.74) is 1.13. The minimum atomic E-state index is -1.49. The molecule has 1 N–H and O–H groups in total. The van der Waals surface area contributed by atoms with Gasteiger partial charge in [-0.2, -0.15) is 0 Å². The van der Waals surface area contributed by atoms with Crippen molar-refractivity contribution in [2.24, 2.45) is 0 Å². The standard InChI is InChI=1S/C20H19NO5S/c1-25-17-8-4-15(5-9-17)13-21(14-18-3-2-12-26-18)27(24)19-10-6-16(7-11-19)20(22)23/h2-12H,13-14H2,1H3,(H,22,23). The van der Waals surface area contributed by atoms with Crippen molar-refractivity contribution < 1.29 is 23.3 Å². The first-order valence-corrected chi connectivity index (χ1v) is 9.33. The number of methoxy groups -OCH3 is 1. The first kappa shape index (κ1) is 18.9. The Morgan fingerprint density at radius 1 is 1.07 bits per heavy atom. The molecule has 0 fully saturated rings. The average molecular weight is 385 g/mol. The summed E-state index contributed by atoms with van der Waals surface area (Å²) in [5.74, 6) is 0.429. The van der Waals surface area contributed by atoms with Gasteiger partial charge in [0.15, 0.2) is 0 Å². The van der Waals surface area contributed by atoms with Crippen molar-refractivity contribution in [2.75, 3.05) is 7.11 Å². The minimum Gasteiger partial charge on any atom is -0.497 e. The molecule has 7 heteroatoms. The molecule has 3 rings (SSSR count). The molecule has 0 spiro atoms. The van der Waals surface area contributed by atoms with Gasteiger partial charge < -0.3 is 14.3 Å². The topological polar surface area (TPSA) is 80.0 Å². The van der Waals surface area contributed by atoms with Crippen LogP contribution in [-0.4, -0.2) is 26.7 Å². The van der Waals surface area contributed by atoms with E-state index in [0.29, 0.717) is 23.7 Å². The molecule has 0 aliphatic heterocycles. The van der Waals surface area contributed by atoms with Crippen molar-refractivity contribution in [1.82, 2.24) is 4.31 Å². The van der Waals surface area contributed by atoms with Gasteiger partial charge in [-0.3, -0.25) is 0 Å². The van der Waals surface area contributed by atoms with Gasteiger partial charge in [0.05, 0.1) is 30.4 Å². The Kier molecular flexibility index (Phi) is 6.05. The van der Waals surface area contributed by atoms with Crippen LogP contribution in [0.1, 0.15) is 21.7 Å². The molecule has 2 aromatic carbocycles. The van der Waals surface area contributed by atoms with Gasteiger partial charge in [0.1, 0.15) is 22.5 Å². The lowest BCUT2D eigenvalue weighted by atomic mass is 10.2. The quantitative estimate of drug-likeness (QED) is 0.639. The summed E-state index contributed by atoms with van der Waals surface area (Å²) >= 11 is 0. The lowest BCUT2D eigenvalue weighted by Gasteiger charge is -2.20. The Hall–Kier alpha value is -2.90. The van der Waals surface area contributed by atoms with Gasteiger partial charge in [0.2, 0.25) is 0 Å². The lowest BCUT2D eigenvalue weighted by molar-refractivity contribution is 0.0697. The zero-order valence-electron chi connectivity index (χ0n) is 14.7. The van der Waals surface area contributed by atoms with Crippen LogP contribution in [0.4, 0.5) is 0 Å². The smallest absolute Gasteiger partial charge is 0.335 e. The molecule has 0 saturated carbocycles. The number of aromatic carboxylic acids is 1. The van der Waals surface area contributed by atoms with E-state index >= 15 is 0 Å². The van der Waals surface area contributed by atoms with Gasteiger partial charge >= 0.3 is 5.97 Å². The number of benzene rings is 2. The molecule has 1 unspecified atom stereocenters. The minimum absolute atomic E-state index is 0.156. The summed E-state index contributed by atoms with van der Waals surface area (Å²) in [4.78, 5) is 11.5. The number of carboxylic acid groups (broad SMARTS) is 1. The molecule has 0 aliphatic carbocycles. The summed E-state index contributed by atoms with van der Waals surface area (Å²) < 4.78 is 25.4. The van der Waals surface area contributed by atoms with Crippen LogP contribution < -0.4 is 4.74 Å². The number of nitrogens with zero attached hydrogens (tertiary/aromatic N) is 1. The fourth-order valence-corrected chi connectivity index (χ4v) is 3.72. The lowest BCUT2D eigenvalue weighted by Crippen LogP contribution is -2.25. The predicted octanol–water partition coefficient (Wildman–Crippen LogP) is 3.71. The van der Waals surface area contributed by atoms with Crippen molar-refractivity contribution in [1.29, 1.82) is 0 Å². The van der Waals surface area contributed by atoms with Crippen LogP contribution in [0.15, 0.2) is 76.2 Å². The number of hydrogen-bond donors (Lipinski definition) is 1. The maximum Gasteiger partial charge on any atom is 0.335 e. The Labute approximate surface area is 159 Å². The van der Waals surface area contributed by atoms with Crippen LogP contribution in [0.2, 0.25) is 0 Å². The molecule has 0 radical (unpaired) electrons. The van der Waals surface area contributed by atoms with Crippen molar-refractivity contribution in [3.8, 4) is 5.75 Å². The first-order chi connectivity index (χ1) is 13.1. The molecule has 140 valence electrons. The third kappa shape index (κ3) is 4.84. The first-order valence-electron chi connectivity index (χ1n) is 8.22. The Morgan fingerprint density at radius 2 is 1.78 bits per heavy atom. The third-order valence-electron chi connectivity index (χ3n) is 3.97. The van der Waals surface area contributed by atoms with E-state index in [1.165, 1.54) is 12.1 Å². The molecule has 0 aliphatic rings. The van der Waals surface area contributed by atoms with Crippen LogP contribution in [0, 0.1) is 0 Å². The zero-order chi connectivity index (χ0) is 19.2. The Bertz CT molecular complexity index is 905. The Balaban J connectivity index is 1.83. The summed E-state index contributed by atoms with van der Waals surface area (Å²) in [5, 5.41) is 9.02. The SMILES string of the molecule is COc1ccc(CN(Cc2ccco2)S(=O)c2ccc(C(=O)O)cc2)cc1. The van der Waals surface area contributed by atoms with Gasteiger partial charge in [0.25, 0.3) is 0 Å². The van der Waals surface area contributed by atoms with Gasteiger partial charge in [-0.15, -0.1) is 0 Å². The monoisotopic (exact) mass is 385 g/mol. The van der Waals surface area contributed by atoms with E-state index in [9.17, 15) is 9.00 Å². The highest BCUT2D eigenvalue weighted by molar-refractivity contribution is 7.82. The number of rotatable bonds is 8. The molecule has 1 heterocycles. The highest BCUT2D eigenvalue weighted by Crippen LogP contribution is 2.20. The van der Waals surface area contributed by atoms with Crippen LogP contribution in [0.25, 0.3) is 0 Å². The number of carboxylic acids is 1. The Morgan fingerprint density at radius 3 is 2.33 bits per heavy atom. The fraction of sp³-hybridized carbons (Fsp3) is 0.150. The van der Waals surface area contributed by atoms with Crippen LogP contribution in [0.5, 0.6) is 5.75 Å². The molecule has 0 saturated heterocycles. The highest BCUT2D eigenvalue weighted by Gasteiger charge is 2.18. The molecular weight excluding hydrogens is 366 g/mol. The fourth-order valence-electron chi connectivity index (χ4n) is 2.55. The van der Waals surface area contributed by atoms with E-state index in [0.717, 1.165) is 11.3 Å². The summed E-state index contributed by atoms with van der Waals surface area (Å²) in [6.07, 6.45) is 1.57. The van der Waals surface area contributed by atoms with E-state index in [2.05, 4.69) is 0 Å². The largest absolute Gasteiger partial charge is 0.497 e. The molecule has 6 nitrogen and oxygen atoms in total. The van der Waals surface area contributed by atoms with E-state index < -0.39 is 17.0 Å². The number of carbonyl (C=O) groups is 1. The second-order valence-corrected chi connectivity index (χ2v) is 7.29. The average Bonchev–Trinajstić information content (AvgIpc) is 3.20. The van der Waals surface area contributed by atoms with Crippen molar-refractivity contribution in [3.63, 3.8) is 0 Å². The third-order valence-corrected chi connectivity index (χ3v) is 5.37. The van der Waals surface area contributed by atoms with E-state index in [1.54, 1.807) is 35.9 Å². The van der Waals surface area contributed by atoms with E-state index in [4.69, 9.17) is 14.3 Å². The second-order valence-electron chi connectivity index (χ2n) is 5.80. The van der Waals surface area contributed by atoms with Gasteiger partial charge in [0, 0.05) is 6.54 Å². The number of ether oxygens (including phenoxy) is 1. The molecule has 1 atom stereocenters. The zero-order valence-corrected chi connectivity index (χ0v) is 15.5. The molecule has 0 amide bonds. The summed E-state index contributed by atoms with van der Waals surface area (Å²) in [6, 6.07) is 17.2. The highest BCUT2D eigenvalue weighted by atomic mass is 32.2. The molecule has 1 aromatic heterocycles. The normalized spacial score (nSPS) is 12.1. The molecule has 3 aromatic rings. The maximum atomic E-state index is 13.1. The molecule has 27 heavy (non-hydrogen) atoms.